The molecular weight excluding hydrogens is 533 g/mol. The molecule has 2 aromatic carbocycles. The van der Waals surface area contributed by atoms with Crippen molar-refractivity contribution in [2.24, 2.45) is 5.16 Å². The van der Waals surface area contributed by atoms with Gasteiger partial charge in [0.15, 0.2) is 6.23 Å². The molecule has 1 aliphatic heterocycles. The second kappa shape index (κ2) is 12.5. The van der Waals surface area contributed by atoms with Gasteiger partial charge in [0.25, 0.3) is 5.56 Å². The molecule has 2 heterocycles. The molecule has 210 valence electrons. The molecule has 13 nitrogen and oxygen atoms in total. The van der Waals surface area contributed by atoms with E-state index in [1.165, 1.54) is 48.5 Å². The molecule has 0 bridgehead atoms. The third-order valence-corrected chi connectivity index (χ3v) is 5.98. The molecule has 1 fully saturated rings. The summed E-state index contributed by atoms with van der Waals surface area (Å²) in [6.45, 7) is -0.467. The first-order valence-corrected chi connectivity index (χ1v) is 11.9. The van der Waals surface area contributed by atoms with E-state index in [9.17, 15) is 39.0 Å². The lowest BCUT2D eigenvalue weighted by atomic mass is 10.0. The van der Waals surface area contributed by atoms with Crippen molar-refractivity contribution < 1.29 is 43.6 Å². The monoisotopic (exact) mass is 557 g/mol. The summed E-state index contributed by atoms with van der Waals surface area (Å²) in [5, 5.41) is 33.1. The molecule has 0 aliphatic carbocycles. The number of esters is 2. The molecule has 0 radical (unpaired) electrons. The predicted octanol–water partition coefficient (Wildman–Crippen LogP) is 0.450. The fourth-order valence-electron chi connectivity index (χ4n) is 3.93. The minimum absolute atomic E-state index is 0.165. The van der Waals surface area contributed by atoms with E-state index in [2.05, 4.69) is 5.16 Å². The van der Waals surface area contributed by atoms with Gasteiger partial charge in [0.1, 0.15) is 42.2 Å². The highest BCUT2D eigenvalue weighted by molar-refractivity contribution is 6.12. The lowest BCUT2D eigenvalue weighted by Crippen LogP contribution is -2.37. The van der Waals surface area contributed by atoms with Crippen molar-refractivity contribution in [3.8, 4) is 5.75 Å². The summed E-state index contributed by atoms with van der Waals surface area (Å²) < 4.78 is 29.7. The Morgan fingerprint density at radius 3 is 2.20 bits per heavy atom. The van der Waals surface area contributed by atoms with Crippen molar-refractivity contribution in [3.63, 3.8) is 0 Å². The van der Waals surface area contributed by atoms with Gasteiger partial charge in [-0.2, -0.15) is 0 Å². The zero-order valence-corrected chi connectivity index (χ0v) is 20.7. The van der Waals surface area contributed by atoms with Crippen LogP contribution in [-0.4, -0.2) is 67.5 Å². The SMILES string of the molecule is O=C(CCC(=O)Oc1ccc(/C(=N/O)c2ccc(F)cc2)cc1)OC[C@H]1OC(n2ccc(=O)[nH]c2=O)[C@H](O)[C@@H]1O. The summed E-state index contributed by atoms with van der Waals surface area (Å²) in [5.74, 6) is -1.81. The number of carbonyl (C=O) groups is 2. The number of benzene rings is 2. The molecule has 0 spiro atoms. The number of ether oxygens (including phenoxy) is 3. The van der Waals surface area contributed by atoms with Crippen molar-refractivity contribution in [1.29, 1.82) is 0 Å². The van der Waals surface area contributed by atoms with Crippen molar-refractivity contribution in [2.75, 3.05) is 6.61 Å². The number of rotatable bonds is 9. The quantitative estimate of drug-likeness (QED) is 0.0945. The fraction of sp³-hybridized carbons (Fsp3) is 0.269. The van der Waals surface area contributed by atoms with Gasteiger partial charge in [-0.25, -0.2) is 9.18 Å². The number of aliphatic hydroxyl groups is 2. The number of aromatic amines is 1. The normalized spacial score (nSPS) is 20.7. The zero-order chi connectivity index (χ0) is 28.8. The first kappa shape index (κ1) is 28.4. The van der Waals surface area contributed by atoms with Crippen LogP contribution in [0.3, 0.4) is 0 Å². The van der Waals surface area contributed by atoms with E-state index < -0.39 is 60.2 Å². The largest absolute Gasteiger partial charge is 0.463 e. The van der Waals surface area contributed by atoms with Gasteiger partial charge in [-0.05, 0) is 48.5 Å². The number of aromatic nitrogens is 2. The van der Waals surface area contributed by atoms with Gasteiger partial charge in [0, 0.05) is 23.4 Å². The Morgan fingerprint density at radius 2 is 1.57 bits per heavy atom. The Hall–Kier alpha value is -4.66. The molecule has 0 saturated carbocycles. The minimum atomic E-state index is -1.54. The van der Waals surface area contributed by atoms with E-state index in [4.69, 9.17) is 14.2 Å². The van der Waals surface area contributed by atoms with E-state index in [0.717, 1.165) is 16.8 Å². The van der Waals surface area contributed by atoms with Crippen LogP contribution < -0.4 is 16.0 Å². The predicted molar refractivity (Wildman–Crippen MR) is 133 cm³/mol. The standard InChI is InChI=1S/C26H24FN3O10/c27-16-5-1-14(2-6-16)22(29-37)15-3-7-17(8-4-15)39-21(33)10-9-20(32)38-13-18-23(34)24(35)25(40-18)30-12-11-19(31)28-26(30)36/h1-8,11-12,18,23-25,34-35,37H,9-10,13H2,(H,28,31,36)/b29-22+/t18-,23-,24-,25?/m1/s1. The number of carbonyl (C=O) groups excluding carboxylic acids is 2. The van der Waals surface area contributed by atoms with Crippen LogP contribution in [-0.2, 0) is 19.1 Å². The lowest BCUT2D eigenvalue weighted by Gasteiger charge is -2.16. The molecule has 1 saturated heterocycles. The van der Waals surface area contributed by atoms with Gasteiger partial charge >= 0.3 is 17.6 Å². The van der Waals surface area contributed by atoms with Crippen LogP contribution in [0.25, 0.3) is 0 Å². The summed E-state index contributed by atoms with van der Waals surface area (Å²) in [6, 6.07) is 12.4. The van der Waals surface area contributed by atoms with Crippen LogP contribution >= 0.6 is 0 Å². The molecule has 3 aromatic rings. The first-order chi connectivity index (χ1) is 19.2. The van der Waals surface area contributed by atoms with Gasteiger partial charge in [-0.3, -0.25) is 23.9 Å². The number of nitrogens with one attached hydrogen (secondary N) is 1. The van der Waals surface area contributed by atoms with Crippen LogP contribution in [0, 0.1) is 5.82 Å². The molecule has 4 atom stereocenters. The van der Waals surface area contributed by atoms with Gasteiger partial charge < -0.3 is 29.6 Å². The third-order valence-electron chi connectivity index (χ3n) is 5.98. The second-order valence-corrected chi connectivity index (χ2v) is 8.70. The Labute approximate surface area is 224 Å². The molecule has 1 unspecified atom stereocenters. The van der Waals surface area contributed by atoms with E-state index in [0.29, 0.717) is 11.1 Å². The van der Waals surface area contributed by atoms with Crippen molar-refractivity contribution in [2.45, 2.75) is 37.4 Å². The van der Waals surface area contributed by atoms with Crippen LogP contribution in [0.5, 0.6) is 5.75 Å². The van der Waals surface area contributed by atoms with E-state index in [1.54, 1.807) is 0 Å². The van der Waals surface area contributed by atoms with Crippen LogP contribution in [0.4, 0.5) is 4.39 Å². The summed E-state index contributed by atoms with van der Waals surface area (Å²) >= 11 is 0. The van der Waals surface area contributed by atoms with Gasteiger partial charge in [-0.1, -0.05) is 5.16 Å². The molecule has 0 amide bonds. The Balaban J connectivity index is 1.24. The van der Waals surface area contributed by atoms with Gasteiger partial charge in [-0.15, -0.1) is 0 Å². The highest BCUT2D eigenvalue weighted by Crippen LogP contribution is 2.28. The van der Waals surface area contributed by atoms with E-state index in [-0.39, 0.29) is 24.3 Å². The second-order valence-electron chi connectivity index (χ2n) is 8.70. The van der Waals surface area contributed by atoms with Crippen molar-refractivity contribution in [3.05, 3.63) is 98.6 Å². The van der Waals surface area contributed by atoms with E-state index in [1.807, 2.05) is 4.98 Å². The third kappa shape index (κ3) is 6.66. The molecule has 4 rings (SSSR count). The van der Waals surface area contributed by atoms with Crippen molar-refractivity contribution in [1.82, 2.24) is 9.55 Å². The number of H-pyrrole nitrogens is 1. The lowest BCUT2D eigenvalue weighted by molar-refractivity contribution is -0.152. The molecule has 4 N–H and O–H groups in total. The number of hydrogen-bond acceptors (Lipinski definition) is 11. The maximum absolute atomic E-state index is 13.2. The molecule has 1 aromatic heterocycles. The van der Waals surface area contributed by atoms with E-state index >= 15 is 0 Å². The van der Waals surface area contributed by atoms with Crippen molar-refractivity contribution >= 4 is 17.7 Å². The maximum Gasteiger partial charge on any atom is 0.330 e. The number of hydrogen-bond donors (Lipinski definition) is 4. The molecule has 14 heteroatoms. The smallest absolute Gasteiger partial charge is 0.330 e. The number of oxime groups is 1. The Kier molecular flexibility index (Phi) is 8.83. The fourth-order valence-corrected chi connectivity index (χ4v) is 3.93. The Bertz CT molecular complexity index is 1500. The molecule has 1 aliphatic rings. The van der Waals surface area contributed by atoms with Crippen LogP contribution in [0.2, 0.25) is 0 Å². The van der Waals surface area contributed by atoms with Gasteiger partial charge in [0.05, 0.1) is 12.8 Å². The average Bonchev–Trinajstić information content (AvgIpc) is 3.21. The van der Waals surface area contributed by atoms with Crippen LogP contribution in [0.15, 0.2) is 75.5 Å². The molecule has 40 heavy (non-hydrogen) atoms. The topological polar surface area (TPSA) is 190 Å². The minimum Gasteiger partial charge on any atom is -0.463 e. The van der Waals surface area contributed by atoms with Gasteiger partial charge in [0.2, 0.25) is 0 Å². The number of aliphatic hydroxyl groups excluding tert-OH is 2. The number of nitrogens with zero attached hydrogens (tertiary/aromatic N) is 2. The summed E-state index contributed by atoms with van der Waals surface area (Å²) in [5.41, 5.74) is -0.377. The highest BCUT2D eigenvalue weighted by atomic mass is 19.1. The zero-order valence-electron chi connectivity index (χ0n) is 20.7. The first-order valence-electron chi connectivity index (χ1n) is 11.9. The number of halogens is 1. The highest BCUT2D eigenvalue weighted by Gasteiger charge is 2.44. The average molecular weight is 557 g/mol. The Morgan fingerprint density at radius 1 is 0.950 bits per heavy atom. The van der Waals surface area contributed by atoms with Crippen LogP contribution in [0.1, 0.15) is 30.2 Å². The maximum atomic E-state index is 13.2. The summed E-state index contributed by atoms with van der Waals surface area (Å²) in [4.78, 5) is 49.5. The summed E-state index contributed by atoms with van der Waals surface area (Å²) in [7, 11) is 0. The molecular formula is C26H24FN3O10. The summed E-state index contributed by atoms with van der Waals surface area (Å²) in [6.07, 6.45) is -5.11.